The van der Waals surface area contributed by atoms with Crippen molar-refractivity contribution in [3.63, 3.8) is 0 Å². The Morgan fingerprint density at radius 3 is 2.75 bits per heavy atom. The number of amides is 2. The van der Waals surface area contributed by atoms with E-state index in [0.29, 0.717) is 19.2 Å². The van der Waals surface area contributed by atoms with Gasteiger partial charge in [-0.2, -0.15) is 13.2 Å². The predicted octanol–water partition coefficient (Wildman–Crippen LogP) is 4.24. The molecule has 3 N–H and O–H groups in total. The highest BCUT2D eigenvalue weighted by Gasteiger charge is 2.32. The van der Waals surface area contributed by atoms with Crippen molar-refractivity contribution >= 4 is 23.5 Å². The molecule has 0 saturated carbocycles. The summed E-state index contributed by atoms with van der Waals surface area (Å²) in [5.41, 5.74) is -1.08. The molecule has 1 aliphatic heterocycles. The number of halogens is 5. The van der Waals surface area contributed by atoms with Gasteiger partial charge in [0.1, 0.15) is 0 Å². The van der Waals surface area contributed by atoms with Gasteiger partial charge in [0.05, 0.1) is 16.7 Å². The van der Waals surface area contributed by atoms with Crippen LogP contribution < -0.4 is 15.4 Å². The largest absolute Gasteiger partial charge is 0.435 e. The minimum absolute atomic E-state index is 0.0403. The minimum atomic E-state index is -4.77. The average Bonchev–Trinajstić information content (AvgIpc) is 3.08. The van der Waals surface area contributed by atoms with E-state index in [-0.39, 0.29) is 17.9 Å². The van der Waals surface area contributed by atoms with Crippen LogP contribution in [0.1, 0.15) is 25.3 Å². The maximum Gasteiger partial charge on any atom is 0.416 e. The van der Waals surface area contributed by atoms with Crippen molar-refractivity contribution in [1.29, 1.82) is 5.41 Å². The molecule has 1 fully saturated rings. The van der Waals surface area contributed by atoms with Gasteiger partial charge in [-0.3, -0.25) is 5.41 Å². The molecule has 11 heteroatoms. The van der Waals surface area contributed by atoms with Crippen LogP contribution in [0.25, 0.3) is 0 Å². The van der Waals surface area contributed by atoms with E-state index < -0.39 is 40.3 Å². The van der Waals surface area contributed by atoms with E-state index in [1.807, 2.05) is 0 Å². The number of urea groups is 1. The number of alkyl halides is 3. The fourth-order valence-corrected chi connectivity index (χ4v) is 2.67. The van der Waals surface area contributed by atoms with Crippen LogP contribution >= 0.6 is 11.6 Å². The molecule has 1 aromatic carbocycles. The van der Waals surface area contributed by atoms with Gasteiger partial charge in [-0.05, 0) is 31.9 Å². The first-order chi connectivity index (χ1) is 13.1. The lowest BCUT2D eigenvalue weighted by Gasteiger charge is -2.13. The van der Waals surface area contributed by atoms with Crippen LogP contribution in [0.2, 0.25) is 5.02 Å². The molecule has 0 aromatic heterocycles. The van der Waals surface area contributed by atoms with E-state index in [0.717, 1.165) is 18.9 Å². The summed E-state index contributed by atoms with van der Waals surface area (Å²) in [4.78, 5) is 11.8. The molecule has 1 heterocycles. The van der Waals surface area contributed by atoms with Crippen molar-refractivity contribution in [2.75, 3.05) is 13.2 Å². The Bertz CT molecular complexity index is 754. The van der Waals surface area contributed by atoms with E-state index in [2.05, 4.69) is 10.6 Å². The van der Waals surface area contributed by atoms with Crippen molar-refractivity contribution in [2.45, 2.75) is 32.0 Å². The Morgan fingerprint density at radius 2 is 2.18 bits per heavy atom. The highest BCUT2D eigenvalue weighted by molar-refractivity contribution is 6.32. The summed E-state index contributed by atoms with van der Waals surface area (Å²) in [5.74, 6) is -2.71. The van der Waals surface area contributed by atoms with Crippen LogP contribution in [-0.2, 0) is 10.9 Å². The van der Waals surface area contributed by atoms with Crippen molar-refractivity contribution in [3.8, 4) is 5.75 Å². The summed E-state index contributed by atoms with van der Waals surface area (Å²) in [6.45, 7) is 2.44. The second-order valence-corrected chi connectivity index (χ2v) is 6.44. The zero-order valence-corrected chi connectivity index (χ0v) is 15.5. The normalized spacial score (nSPS) is 17.4. The standard InChI is InChI=1S/C17H18ClF4N3O3/c1-9(25-16(26)24-8-11-3-2-4-27-11)5-14(23)28-15-12(18)6-10(7-13(15)19)17(20,21)22/h5-7,11,23H,2-4,8H2,1H3,(H2,24,25,26)/b9-5-,23-14?. The van der Waals surface area contributed by atoms with E-state index in [9.17, 15) is 22.4 Å². The summed E-state index contributed by atoms with van der Waals surface area (Å²) >= 11 is 5.64. The number of carbonyl (C=O) groups excluding carboxylic acids is 1. The van der Waals surface area contributed by atoms with Crippen molar-refractivity contribution in [3.05, 3.63) is 40.3 Å². The summed E-state index contributed by atoms with van der Waals surface area (Å²) in [6.07, 6.45) is -1.97. The molecule has 154 valence electrons. The van der Waals surface area contributed by atoms with Crippen LogP contribution in [0.5, 0.6) is 5.75 Å². The first-order valence-corrected chi connectivity index (χ1v) is 8.61. The smallest absolute Gasteiger partial charge is 0.416 e. The Balaban J connectivity index is 1.93. The molecular formula is C17H18ClF4N3O3. The quantitative estimate of drug-likeness (QED) is 0.376. The highest BCUT2D eigenvalue weighted by atomic mass is 35.5. The van der Waals surface area contributed by atoms with E-state index >= 15 is 0 Å². The number of hydrogen-bond acceptors (Lipinski definition) is 4. The second-order valence-electron chi connectivity index (χ2n) is 6.03. The van der Waals surface area contributed by atoms with E-state index in [4.69, 9.17) is 26.5 Å². The van der Waals surface area contributed by atoms with Gasteiger partial charge in [-0.1, -0.05) is 11.6 Å². The Hall–Kier alpha value is -2.33. The fourth-order valence-electron chi connectivity index (χ4n) is 2.43. The van der Waals surface area contributed by atoms with Gasteiger partial charge in [0.15, 0.2) is 11.6 Å². The van der Waals surface area contributed by atoms with Crippen molar-refractivity contribution < 1.29 is 31.8 Å². The van der Waals surface area contributed by atoms with Crippen molar-refractivity contribution in [1.82, 2.24) is 10.6 Å². The minimum Gasteiger partial charge on any atom is -0.435 e. The molecule has 28 heavy (non-hydrogen) atoms. The monoisotopic (exact) mass is 423 g/mol. The number of carbonyl (C=O) groups is 1. The predicted molar refractivity (Wildman–Crippen MR) is 94.0 cm³/mol. The first-order valence-electron chi connectivity index (χ1n) is 8.23. The molecule has 1 unspecified atom stereocenters. The Morgan fingerprint density at radius 1 is 1.46 bits per heavy atom. The van der Waals surface area contributed by atoms with Crippen molar-refractivity contribution in [2.24, 2.45) is 0 Å². The Kier molecular flexibility index (Phi) is 7.25. The molecule has 0 bridgehead atoms. The molecule has 6 nitrogen and oxygen atoms in total. The van der Waals surface area contributed by atoms with Gasteiger partial charge < -0.3 is 20.1 Å². The summed E-state index contributed by atoms with van der Waals surface area (Å²) in [7, 11) is 0. The van der Waals surface area contributed by atoms with Crippen LogP contribution in [0.15, 0.2) is 23.9 Å². The maximum absolute atomic E-state index is 13.9. The van der Waals surface area contributed by atoms with Gasteiger partial charge in [-0.15, -0.1) is 0 Å². The summed E-state index contributed by atoms with van der Waals surface area (Å²) < 4.78 is 62.0. The average molecular weight is 424 g/mol. The zero-order chi connectivity index (χ0) is 20.9. The number of rotatable bonds is 5. The number of nitrogens with one attached hydrogen (secondary N) is 3. The van der Waals surface area contributed by atoms with Gasteiger partial charge in [0.25, 0.3) is 0 Å². The molecule has 1 atom stereocenters. The number of ether oxygens (including phenoxy) is 2. The molecule has 1 aromatic rings. The zero-order valence-electron chi connectivity index (χ0n) is 14.8. The first kappa shape index (κ1) is 22.0. The topological polar surface area (TPSA) is 83.4 Å². The second kappa shape index (κ2) is 9.24. The van der Waals surface area contributed by atoms with Crippen LogP contribution in [0, 0.1) is 11.2 Å². The van der Waals surface area contributed by atoms with Crippen LogP contribution in [-0.4, -0.2) is 31.2 Å². The molecule has 2 rings (SSSR count). The molecule has 2 amide bonds. The Labute approximate surface area is 163 Å². The van der Waals surface area contributed by atoms with Crippen LogP contribution in [0.3, 0.4) is 0 Å². The van der Waals surface area contributed by atoms with E-state index in [1.54, 1.807) is 0 Å². The fraction of sp³-hybridized carbons (Fsp3) is 0.412. The molecule has 1 aliphatic rings. The van der Waals surface area contributed by atoms with Gasteiger partial charge in [0.2, 0.25) is 5.90 Å². The molecule has 0 spiro atoms. The lowest BCUT2D eigenvalue weighted by Crippen LogP contribution is -2.39. The summed E-state index contributed by atoms with van der Waals surface area (Å²) in [6, 6.07) is 0.193. The van der Waals surface area contributed by atoms with Gasteiger partial charge in [-0.25, -0.2) is 9.18 Å². The SMILES string of the molecule is C/C(=C/C(=N)Oc1c(F)cc(C(F)(F)F)cc1Cl)NC(=O)NCC1CCCO1. The van der Waals surface area contributed by atoms with Crippen LogP contribution in [0.4, 0.5) is 22.4 Å². The highest BCUT2D eigenvalue weighted by Crippen LogP contribution is 2.36. The lowest BCUT2D eigenvalue weighted by atomic mass is 10.2. The lowest BCUT2D eigenvalue weighted by molar-refractivity contribution is -0.137. The number of benzene rings is 1. The molecule has 1 saturated heterocycles. The summed E-state index contributed by atoms with van der Waals surface area (Å²) in [5, 5.41) is 12.1. The molecule has 0 radical (unpaired) electrons. The van der Waals surface area contributed by atoms with Gasteiger partial charge >= 0.3 is 12.2 Å². The number of allylic oxidation sites excluding steroid dienone is 1. The number of hydrogen-bond donors (Lipinski definition) is 3. The third-order valence-corrected chi connectivity index (χ3v) is 3.99. The molecule has 0 aliphatic carbocycles. The third kappa shape index (κ3) is 6.38. The van der Waals surface area contributed by atoms with E-state index in [1.165, 1.54) is 6.92 Å². The van der Waals surface area contributed by atoms with Gasteiger partial charge in [0, 0.05) is 24.9 Å². The third-order valence-electron chi connectivity index (χ3n) is 3.71. The maximum atomic E-state index is 13.9. The molecular weight excluding hydrogens is 406 g/mol.